The van der Waals surface area contributed by atoms with Crippen molar-refractivity contribution in [2.75, 3.05) is 11.5 Å². The van der Waals surface area contributed by atoms with Crippen LogP contribution in [0.4, 0.5) is 26.3 Å². The summed E-state index contributed by atoms with van der Waals surface area (Å²) in [7, 11) is -4.10. The molecule has 0 N–H and O–H groups in total. The molecule has 1 aromatic rings. The van der Waals surface area contributed by atoms with E-state index in [2.05, 4.69) is 5.10 Å². The van der Waals surface area contributed by atoms with Crippen LogP contribution in [0.5, 0.6) is 0 Å². The lowest BCUT2D eigenvalue weighted by atomic mass is 10.4. The molecule has 0 aromatic carbocycles. The predicted molar refractivity (Wildman–Crippen MR) is 73.5 cm³/mol. The van der Waals surface area contributed by atoms with Crippen LogP contribution in [0, 0.1) is 11.3 Å². The van der Waals surface area contributed by atoms with E-state index in [-0.39, 0.29) is 0 Å². The molecule has 1 rings (SSSR count). The van der Waals surface area contributed by atoms with E-state index < -0.39 is 68.6 Å². The molecule has 0 bridgehead atoms. The van der Waals surface area contributed by atoms with Gasteiger partial charge in [0.1, 0.15) is 5.25 Å². The van der Waals surface area contributed by atoms with Crippen LogP contribution >= 0.6 is 11.8 Å². The van der Waals surface area contributed by atoms with Crippen molar-refractivity contribution in [1.82, 2.24) is 9.78 Å². The van der Waals surface area contributed by atoms with E-state index in [1.807, 2.05) is 0 Å². The molecule has 0 radical (unpaired) electrons. The van der Waals surface area contributed by atoms with Crippen LogP contribution in [-0.4, -0.2) is 40.5 Å². The van der Waals surface area contributed by atoms with Crippen molar-refractivity contribution in [2.24, 2.45) is 0 Å². The van der Waals surface area contributed by atoms with E-state index in [0.717, 1.165) is 4.68 Å². The van der Waals surface area contributed by atoms with Crippen LogP contribution in [0.25, 0.3) is 0 Å². The summed E-state index contributed by atoms with van der Waals surface area (Å²) in [6, 6.07) is 1.42. The van der Waals surface area contributed by atoms with Gasteiger partial charge in [-0.3, -0.25) is 4.68 Å². The molecule has 0 aliphatic carbocycles. The van der Waals surface area contributed by atoms with Crippen LogP contribution in [-0.2, 0) is 22.6 Å². The highest BCUT2D eigenvalue weighted by molar-refractivity contribution is 8.00. The Labute approximate surface area is 137 Å². The summed E-state index contributed by atoms with van der Waals surface area (Å²) in [5.41, 5.74) is -5.59. The van der Waals surface area contributed by atoms with Gasteiger partial charge in [0, 0.05) is 11.9 Å². The SMILES string of the molecule is N#CC(CCSC(F)(F)F)S(=O)(=O)CCn1cc(C(F)(F)F)cn1. The lowest BCUT2D eigenvalue weighted by molar-refractivity contribution is -0.137. The van der Waals surface area contributed by atoms with Gasteiger partial charge in [-0.1, -0.05) is 11.8 Å². The molecule has 5 nitrogen and oxygen atoms in total. The number of rotatable bonds is 7. The average Bonchev–Trinajstić information content (AvgIpc) is 2.89. The molecule has 0 fully saturated rings. The molecule has 1 heterocycles. The Morgan fingerprint density at radius 1 is 1.29 bits per heavy atom. The van der Waals surface area contributed by atoms with Gasteiger partial charge in [0.25, 0.3) is 0 Å². The molecule has 136 valence electrons. The summed E-state index contributed by atoms with van der Waals surface area (Å²) in [5.74, 6) is -1.32. The minimum Gasteiger partial charge on any atom is -0.271 e. The van der Waals surface area contributed by atoms with Crippen LogP contribution in [0.1, 0.15) is 12.0 Å². The number of thioether (sulfide) groups is 1. The van der Waals surface area contributed by atoms with E-state index >= 15 is 0 Å². The summed E-state index contributed by atoms with van der Waals surface area (Å²) in [6.07, 6.45) is -4.03. The summed E-state index contributed by atoms with van der Waals surface area (Å²) >= 11 is -0.444. The number of halogens is 6. The maximum absolute atomic E-state index is 12.4. The Balaban J connectivity index is 2.64. The molecule has 0 spiro atoms. The molecule has 0 saturated carbocycles. The zero-order valence-corrected chi connectivity index (χ0v) is 13.4. The van der Waals surface area contributed by atoms with Gasteiger partial charge >= 0.3 is 11.7 Å². The first kappa shape index (κ1) is 20.6. The summed E-state index contributed by atoms with van der Waals surface area (Å²) in [6.45, 7) is -0.441. The van der Waals surface area contributed by atoms with Crippen LogP contribution in [0.3, 0.4) is 0 Å². The van der Waals surface area contributed by atoms with E-state index in [1.165, 1.54) is 6.07 Å². The number of nitrogens with zero attached hydrogens (tertiary/aromatic N) is 3. The zero-order chi connectivity index (χ0) is 18.6. The van der Waals surface area contributed by atoms with Gasteiger partial charge in [0.05, 0.1) is 30.1 Å². The van der Waals surface area contributed by atoms with E-state index in [4.69, 9.17) is 5.26 Å². The highest BCUT2D eigenvalue weighted by atomic mass is 32.2. The zero-order valence-electron chi connectivity index (χ0n) is 11.8. The molecule has 0 aliphatic heterocycles. The van der Waals surface area contributed by atoms with Crippen molar-refractivity contribution in [2.45, 2.75) is 29.9 Å². The van der Waals surface area contributed by atoms with Crippen LogP contribution in [0.2, 0.25) is 0 Å². The Bertz CT molecular complexity index is 690. The molecule has 24 heavy (non-hydrogen) atoms. The maximum atomic E-state index is 12.4. The minimum atomic E-state index is -4.62. The fourth-order valence-electron chi connectivity index (χ4n) is 1.60. The van der Waals surface area contributed by atoms with Crippen molar-refractivity contribution >= 4 is 21.6 Å². The number of aromatic nitrogens is 2. The standard InChI is InChI=1S/C11H11F6N3O2S2/c12-10(13,14)8-6-19-20(7-8)2-4-24(21,22)9(5-18)1-3-23-11(15,16)17/h6-7,9H,1-4H2. The van der Waals surface area contributed by atoms with E-state index in [0.29, 0.717) is 12.4 Å². The second-order valence-electron chi connectivity index (χ2n) is 4.56. The minimum absolute atomic E-state index is 0.441. The van der Waals surface area contributed by atoms with Crippen molar-refractivity contribution in [3.63, 3.8) is 0 Å². The van der Waals surface area contributed by atoms with Gasteiger partial charge in [-0.05, 0) is 6.42 Å². The van der Waals surface area contributed by atoms with Gasteiger partial charge in [-0.2, -0.15) is 36.7 Å². The summed E-state index contributed by atoms with van der Waals surface area (Å²) in [4.78, 5) is 0. The topological polar surface area (TPSA) is 75.8 Å². The summed E-state index contributed by atoms with van der Waals surface area (Å²) in [5, 5.41) is 10.5. The second-order valence-corrected chi connectivity index (χ2v) is 8.02. The Morgan fingerprint density at radius 3 is 2.38 bits per heavy atom. The highest BCUT2D eigenvalue weighted by Gasteiger charge is 2.33. The number of aryl methyl sites for hydroxylation is 1. The lowest BCUT2D eigenvalue weighted by Crippen LogP contribution is -2.26. The van der Waals surface area contributed by atoms with Gasteiger partial charge < -0.3 is 0 Å². The van der Waals surface area contributed by atoms with E-state index in [9.17, 15) is 34.8 Å². The van der Waals surface area contributed by atoms with Crippen molar-refractivity contribution in [3.05, 3.63) is 18.0 Å². The average molecular weight is 395 g/mol. The van der Waals surface area contributed by atoms with Gasteiger partial charge in [0.15, 0.2) is 9.84 Å². The fourth-order valence-corrected chi connectivity index (χ4v) is 3.70. The third-order valence-electron chi connectivity index (χ3n) is 2.79. The molecule has 1 atom stereocenters. The number of hydrogen-bond acceptors (Lipinski definition) is 5. The lowest BCUT2D eigenvalue weighted by Gasteiger charge is -2.11. The predicted octanol–water partition coefficient (Wildman–Crippen LogP) is 2.85. The first-order valence-corrected chi connectivity index (χ1v) is 8.97. The van der Waals surface area contributed by atoms with Crippen molar-refractivity contribution in [3.8, 4) is 6.07 Å². The maximum Gasteiger partial charge on any atom is 0.441 e. The number of sulfone groups is 1. The molecule has 1 unspecified atom stereocenters. The molecule has 1 aromatic heterocycles. The number of nitriles is 1. The van der Waals surface area contributed by atoms with Crippen molar-refractivity contribution in [1.29, 1.82) is 5.26 Å². The first-order valence-electron chi connectivity index (χ1n) is 6.26. The van der Waals surface area contributed by atoms with Crippen LogP contribution in [0.15, 0.2) is 12.4 Å². The third-order valence-corrected chi connectivity index (χ3v) is 5.52. The molecule has 0 aliphatic rings. The Kier molecular flexibility index (Phi) is 6.57. The smallest absolute Gasteiger partial charge is 0.271 e. The highest BCUT2D eigenvalue weighted by Crippen LogP contribution is 2.31. The fraction of sp³-hybridized carbons (Fsp3) is 0.636. The third kappa shape index (κ3) is 6.60. The van der Waals surface area contributed by atoms with Crippen molar-refractivity contribution < 1.29 is 34.8 Å². The largest absolute Gasteiger partial charge is 0.441 e. The van der Waals surface area contributed by atoms with Gasteiger partial charge in [0.2, 0.25) is 0 Å². The number of alkyl halides is 6. The van der Waals surface area contributed by atoms with E-state index in [1.54, 1.807) is 0 Å². The quantitative estimate of drug-likeness (QED) is 0.664. The molecule has 13 heteroatoms. The first-order chi connectivity index (χ1) is 10.8. The number of hydrogen-bond donors (Lipinski definition) is 0. The normalized spacial score (nSPS) is 14.4. The Hall–Kier alpha value is -1.42. The van der Waals surface area contributed by atoms with Gasteiger partial charge in [-0.15, -0.1) is 0 Å². The monoisotopic (exact) mass is 395 g/mol. The van der Waals surface area contributed by atoms with Crippen LogP contribution < -0.4 is 0 Å². The summed E-state index contributed by atoms with van der Waals surface area (Å²) < 4.78 is 97.7. The molecular weight excluding hydrogens is 384 g/mol. The molecule has 0 amide bonds. The molecular formula is C11H11F6N3O2S2. The second kappa shape index (κ2) is 7.64. The molecule has 0 saturated heterocycles. The van der Waals surface area contributed by atoms with Gasteiger partial charge in [-0.25, -0.2) is 8.42 Å². The Morgan fingerprint density at radius 2 is 1.92 bits per heavy atom.